The quantitative estimate of drug-likeness (QED) is 0.757. The van der Waals surface area contributed by atoms with Gasteiger partial charge in [-0.3, -0.25) is 0 Å². The summed E-state index contributed by atoms with van der Waals surface area (Å²) in [5, 5.41) is 12.5. The van der Waals surface area contributed by atoms with Crippen molar-refractivity contribution >= 4 is 5.97 Å². The van der Waals surface area contributed by atoms with E-state index in [9.17, 15) is 4.79 Å². The molecule has 0 bridgehead atoms. The standard InChI is InChI=1S/C17H27NO2/c1-12(2)9-16(10-13(3)4)18-11-14-5-7-15(8-6-14)17(19)20/h5-8,12-13,16,18H,9-11H2,1-4H3,(H,19,20). The van der Waals surface area contributed by atoms with Crippen LogP contribution in [0.15, 0.2) is 24.3 Å². The first kappa shape index (κ1) is 16.7. The summed E-state index contributed by atoms with van der Waals surface area (Å²) in [5.41, 5.74) is 1.47. The summed E-state index contributed by atoms with van der Waals surface area (Å²) in [6.45, 7) is 9.78. The van der Waals surface area contributed by atoms with Crippen LogP contribution in [0.1, 0.15) is 56.5 Å². The molecule has 0 heterocycles. The first-order chi connectivity index (χ1) is 9.38. The summed E-state index contributed by atoms with van der Waals surface area (Å²) in [5.74, 6) is 0.489. The van der Waals surface area contributed by atoms with E-state index in [0.717, 1.165) is 12.1 Å². The predicted octanol–water partition coefficient (Wildman–Crippen LogP) is 3.94. The van der Waals surface area contributed by atoms with Crippen LogP contribution in [0.25, 0.3) is 0 Å². The van der Waals surface area contributed by atoms with E-state index in [1.165, 1.54) is 12.8 Å². The number of carboxylic acid groups (broad SMARTS) is 1. The highest BCUT2D eigenvalue weighted by molar-refractivity contribution is 5.87. The lowest BCUT2D eigenvalue weighted by atomic mass is 9.95. The van der Waals surface area contributed by atoms with Crippen LogP contribution < -0.4 is 5.32 Å². The van der Waals surface area contributed by atoms with E-state index in [-0.39, 0.29) is 0 Å². The summed E-state index contributed by atoms with van der Waals surface area (Å²) >= 11 is 0. The van der Waals surface area contributed by atoms with Crippen LogP contribution in [-0.4, -0.2) is 17.1 Å². The molecule has 0 atom stereocenters. The number of rotatable bonds is 8. The second-order valence-corrected chi connectivity index (χ2v) is 6.34. The lowest BCUT2D eigenvalue weighted by Gasteiger charge is -2.22. The van der Waals surface area contributed by atoms with Crippen LogP contribution in [0.4, 0.5) is 0 Å². The van der Waals surface area contributed by atoms with E-state index in [1.54, 1.807) is 12.1 Å². The maximum Gasteiger partial charge on any atom is 0.335 e. The van der Waals surface area contributed by atoms with E-state index in [4.69, 9.17) is 5.11 Å². The number of nitrogens with one attached hydrogen (secondary N) is 1. The third-order valence-electron chi connectivity index (χ3n) is 3.31. The molecule has 0 unspecified atom stereocenters. The molecule has 1 rings (SSSR count). The third-order valence-corrected chi connectivity index (χ3v) is 3.31. The molecule has 3 nitrogen and oxygen atoms in total. The summed E-state index contributed by atoms with van der Waals surface area (Å²) in [6, 6.07) is 7.63. The summed E-state index contributed by atoms with van der Waals surface area (Å²) in [7, 11) is 0. The maximum absolute atomic E-state index is 10.8. The van der Waals surface area contributed by atoms with Crippen molar-refractivity contribution in [1.29, 1.82) is 0 Å². The van der Waals surface area contributed by atoms with E-state index >= 15 is 0 Å². The highest BCUT2D eigenvalue weighted by atomic mass is 16.4. The fraction of sp³-hybridized carbons (Fsp3) is 0.588. The van der Waals surface area contributed by atoms with Crippen molar-refractivity contribution in [3.05, 3.63) is 35.4 Å². The lowest BCUT2D eigenvalue weighted by Crippen LogP contribution is -2.31. The molecule has 0 aromatic heterocycles. The molecule has 0 saturated heterocycles. The molecule has 0 aliphatic heterocycles. The Hall–Kier alpha value is -1.35. The fourth-order valence-corrected chi connectivity index (χ4v) is 2.43. The smallest absolute Gasteiger partial charge is 0.335 e. The topological polar surface area (TPSA) is 49.3 Å². The van der Waals surface area contributed by atoms with Gasteiger partial charge in [0.05, 0.1) is 5.56 Å². The fourth-order valence-electron chi connectivity index (χ4n) is 2.43. The molecule has 1 aromatic rings. The van der Waals surface area contributed by atoms with Gasteiger partial charge in [-0.15, -0.1) is 0 Å². The van der Waals surface area contributed by atoms with Crippen molar-refractivity contribution < 1.29 is 9.90 Å². The number of carbonyl (C=O) groups is 1. The number of benzene rings is 1. The van der Waals surface area contributed by atoms with Gasteiger partial charge < -0.3 is 10.4 Å². The molecular formula is C17H27NO2. The van der Waals surface area contributed by atoms with E-state index in [0.29, 0.717) is 23.4 Å². The minimum Gasteiger partial charge on any atom is -0.478 e. The van der Waals surface area contributed by atoms with Crippen LogP contribution in [0, 0.1) is 11.8 Å². The van der Waals surface area contributed by atoms with Crippen molar-refractivity contribution in [2.75, 3.05) is 0 Å². The van der Waals surface area contributed by atoms with Crippen molar-refractivity contribution in [2.45, 2.75) is 53.1 Å². The molecule has 0 spiro atoms. The highest BCUT2D eigenvalue weighted by Crippen LogP contribution is 2.14. The Morgan fingerprint density at radius 1 is 1.05 bits per heavy atom. The lowest BCUT2D eigenvalue weighted by molar-refractivity contribution is 0.0697. The molecular weight excluding hydrogens is 250 g/mol. The van der Waals surface area contributed by atoms with Gasteiger partial charge in [0.15, 0.2) is 0 Å². The largest absolute Gasteiger partial charge is 0.478 e. The minimum atomic E-state index is -0.873. The Morgan fingerprint density at radius 3 is 1.95 bits per heavy atom. The molecule has 0 radical (unpaired) electrons. The molecule has 0 fully saturated rings. The van der Waals surface area contributed by atoms with Crippen molar-refractivity contribution in [3.8, 4) is 0 Å². The van der Waals surface area contributed by atoms with Gasteiger partial charge in [-0.05, 0) is 42.4 Å². The number of hydrogen-bond acceptors (Lipinski definition) is 2. The Balaban J connectivity index is 2.55. The summed E-state index contributed by atoms with van der Waals surface area (Å²) in [6.07, 6.45) is 2.34. The first-order valence-corrected chi connectivity index (χ1v) is 7.44. The average molecular weight is 277 g/mol. The van der Waals surface area contributed by atoms with Gasteiger partial charge in [0.1, 0.15) is 0 Å². The second-order valence-electron chi connectivity index (χ2n) is 6.34. The van der Waals surface area contributed by atoms with Crippen LogP contribution in [-0.2, 0) is 6.54 Å². The van der Waals surface area contributed by atoms with Crippen molar-refractivity contribution in [1.82, 2.24) is 5.32 Å². The molecule has 0 saturated carbocycles. The molecule has 3 heteroatoms. The van der Waals surface area contributed by atoms with Gasteiger partial charge in [0, 0.05) is 12.6 Å². The summed E-state index contributed by atoms with van der Waals surface area (Å²) in [4.78, 5) is 10.8. The summed E-state index contributed by atoms with van der Waals surface area (Å²) < 4.78 is 0. The van der Waals surface area contributed by atoms with Crippen LogP contribution in [0.3, 0.4) is 0 Å². The molecule has 112 valence electrons. The molecule has 1 aromatic carbocycles. The zero-order valence-electron chi connectivity index (χ0n) is 13.0. The van der Waals surface area contributed by atoms with Gasteiger partial charge in [0.2, 0.25) is 0 Å². The maximum atomic E-state index is 10.8. The van der Waals surface area contributed by atoms with Crippen molar-refractivity contribution in [2.24, 2.45) is 11.8 Å². The molecule has 0 aliphatic carbocycles. The molecule has 2 N–H and O–H groups in total. The van der Waals surface area contributed by atoms with Gasteiger partial charge in [-0.25, -0.2) is 4.79 Å². The third kappa shape index (κ3) is 6.20. The SMILES string of the molecule is CC(C)CC(CC(C)C)NCc1ccc(C(=O)O)cc1. The van der Waals surface area contributed by atoms with E-state index < -0.39 is 5.97 Å². The number of aromatic carboxylic acids is 1. The van der Waals surface area contributed by atoms with Gasteiger partial charge >= 0.3 is 5.97 Å². The van der Waals surface area contributed by atoms with Crippen molar-refractivity contribution in [3.63, 3.8) is 0 Å². The first-order valence-electron chi connectivity index (χ1n) is 7.44. The Bertz CT molecular complexity index is 400. The van der Waals surface area contributed by atoms with E-state index in [2.05, 4.69) is 33.0 Å². The monoisotopic (exact) mass is 277 g/mol. The molecule has 0 aliphatic rings. The van der Waals surface area contributed by atoms with Gasteiger partial charge in [-0.1, -0.05) is 39.8 Å². The van der Waals surface area contributed by atoms with E-state index in [1.807, 2.05) is 12.1 Å². The predicted molar refractivity (Wildman–Crippen MR) is 82.9 cm³/mol. The van der Waals surface area contributed by atoms with Gasteiger partial charge in [-0.2, -0.15) is 0 Å². The number of carboxylic acids is 1. The molecule has 20 heavy (non-hydrogen) atoms. The second kappa shape index (κ2) is 8.05. The zero-order valence-corrected chi connectivity index (χ0v) is 13.0. The van der Waals surface area contributed by atoms with Crippen LogP contribution in [0.2, 0.25) is 0 Å². The van der Waals surface area contributed by atoms with Gasteiger partial charge in [0.25, 0.3) is 0 Å². The normalized spacial score (nSPS) is 11.6. The van der Waals surface area contributed by atoms with Crippen LogP contribution in [0.5, 0.6) is 0 Å². The van der Waals surface area contributed by atoms with Crippen LogP contribution >= 0.6 is 0 Å². The minimum absolute atomic E-state index is 0.342. The average Bonchev–Trinajstić information content (AvgIpc) is 2.35. The molecule has 0 amide bonds. The Kier molecular flexibility index (Phi) is 6.73. The highest BCUT2D eigenvalue weighted by Gasteiger charge is 2.12. The number of hydrogen-bond donors (Lipinski definition) is 2. The zero-order chi connectivity index (χ0) is 15.1. The Labute approximate surface area is 122 Å². The Morgan fingerprint density at radius 2 is 1.55 bits per heavy atom.